The van der Waals surface area contributed by atoms with Crippen molar-refractivity contribution in [2.75, 3.05) is 11.9 Å². The minimum absolute atomic E-state index is 0.0748. The highest BCUT2D eigenvalue weighted by atomic mass is 32.1. The van der Waals surface area contributed by atoms with E-state index in [0.717, 1.165) is 21.9 Å². The summed E-state index contributed by atoms with van der Waals surface area (Å²) in [5.41, 5.74) is 1.03. The van der Waals surface area contributed by atoms with Gasteiger partial charge in [-0.05, 0) is 31.6 Å². The van der Waals surface area contributed by atoms with Gasteiger partial charge in [-0.1, -0.05) is 30.9 Å². The van der Waals surface area contributed by atoms with Crippen molar-refractivity contribution in [3.05, 3.63) is 70.9 Å². The molecule has 3 rings (SSSR count). The first-order valence-corrected chi connectivity index (χ1v) is 10.3. The molecule has 0 unspecified atom stereocenters. The van der Waals surface area contributed by atoms with Crippen LogP contribution in [0.1, 0.15) is 23.7 Å². The van der Waals surface area contributed by atoms with Crippen LogP contribution >= 0.6 is 11.3 Å². The molecule has 2 atom stereocenters. The predicted molar refractivity (Wildman–Crippen MR) is 117 cm³/mol. The standard InChI is InChI=1S/C22H26N4O2S/c1-5-6-7-9-15(2)12-17-13-24-19(29-17)14-25-20-16(3)28-18-10-8-11-23-21(18)26(4)22(20)27/h5-11,13,16,20,25H,2,12,14H2,1,3-4H3/b6-5-,9-7-/t16-,20+/m1/s1. The molecule has 6 nitrogen and oxygen atoms in total. The number of rotatable bonds is 7. The zero-order valence-electron chi connectivity index (χ0n) is 17.0. The molecular weight excluding hydrogens is 384 g/mol. The van der Waals surface area contributed by atoms with Gasteiger partial charge in [-0.25, -0.2) is 9.97 Å². The van der Waals surface area contributed by atoms with Crippen molar-refractivity contribution in [3.8, 4) is 5.75 Å². The highest BCUT2D eigenvalue weighted by Crippen LogP contribution is 2.29. The molecule has 1 aliphatic heterocycles. The van der Waals surface area contributed by atoms with Crippen molar-refractivity contribution in [1.82, 2.24) is 15.3 Å². The van der Waals surface area contributed by atoms with Crippen LogP contribution in [0.15, 0.2) is 61.0 Å². The summed E-state index contributed by atoms with van der Waals surface area (Å²) < 4.78 is 5.97. The topological polar surface area (TPSA) is 67.4 Å². The number of allylic oxidation sites excluding steroid dienone is 5. The minimum Gasteiger partial charge on any atom is -0.485 e. The van der Waals surface area contributed by atoms with Crippen molar-refractivity contribution in [1.29, 1.82) is 0 Å². The molecule has 152 valence electrons. The van der Waals surface area contributed by atoms with E-state index in [0.29, 0.717) is 18.1 Å². The van der Waals surface area contributed by atoms with Crippen LogP contribution in [0.2, 0.25) is 0 Å². The number of fused-ring (bicyclic) bond motifs is 1. The average molecular weight is 411 g/mol. The molecule has 0 aliphatic carbocycles. The molecule has 0 fully saturated rings. The Labute approximate surface area is 175 Å². The van der Waals surface area contributed by atoms with E-state index < -0.39 is 6.04 Å². The first-order valence-electron chi connectivity index (χ1n) is 9.53. The quantitative estimate of drug-likeness (QED) is 0.706. The van der Waals surface area contributed by atoms with Gasteiger partial charge in [0.1, 0.15) is 17.2 Å². The molecule has 1 aliphatic rings. The second kappa shape index (κ2) is 9.62. The molecule has 2 aromatic rings. The Balaban J connectivity index is 1.62. The van der Waals surface area contributed by atoms with E-state index in [9.17, 15) is 4.79 Å². The van der Waals surface area contributed by atoms with E-state index in [1.165, 1.54) is 0 Å². The number of likely N-dealkylation sites (N-methyl/N-ethyl adjacent to an activating group) is 1. The van der Waals surface area contributed by atoms with Crippen LogP contribution in [0, 0.1) is 0 Å². The second-order valence-corrected chi connectivity index (χ2v) is 8.04. The summed E-state index contributed by atoms with van der Waals surface area (Å²) in [5, 5.41) is 4.23. The summed E-state index contributed by atoms with van der Waals surface area (Å²) in [4.78, 5) is 24.4. The molecule has 0 bridgehead atoms. The molecular formula is C22H26N4O2S. The third-order valence-corrected chi connectivity index (χ3v) is 5.56. The van der Waals surface area contributed by atoms with Gasteiger partial charge in [0.2, 0.25) is 5.91 Å². The number of ether oxygens (including phenoxy) is 1. The monoisotopic (exact) mass is 410 g/mol. The number of hydrogen-bond donors (Lipinski definition) is 1. The van der Waals surface area contributed by atoms with Crippen LogP contribution in [0.5, 0.6) is 5.75 Å². The van der Waals surface area contributed by atoms with E-state index in [4.69, 9.17) is 4.74 Å². The molecule has 0 aromatic carbocycles. The molecule has 0 radical (unpaired) electrons. The van der Waals surface area contributed by atoms with Crippen molar-refractivity contribution >= 4 is 23.1 Å². The predicted octanol–water partition coefficient (Wildman–Crippen LogP) is 3.67. The number of aromatic nitrogens is 2. The third kappa shape index (κ3) is 5.19. The van der Waals surface area contributed by atoms with Crippen molar-refractivity contribution in [2.45, 2.75) is 39.0 Å². The minimum atomic E-state index is -0.486. The molecule has 0 saturated heterocycles. The Kier molecular flexibility index (Phi) is 6.95. The maximum Gasteiger partial charge on any atom is 0.248 e. The lowest BCUT2D eigenvalue weighted by Gasteiger charge is -2.23. The summed E-state index contributed by atoms with van der Waals surface area (Å²) in [6, 6.07) is 3.15. The summed E-state index contributed by atoms with van der Waals surface area (Å²) in [6.07, 6.45) is 11.9. The number of thiazole rings is 1. The fourth-order valence-electron chi connectivity index (χ4n) is 3.06. The lowest BCUT2D eigenvalue weighted by atomic mass is 10.1. The number of nitrogens with zero attached hydrogens (tertiary/aromatic N) is 3. The number of pyridine rings is 1. The number of nitrogens with one attached hydrogen (secondary N) is 1. The highest BCUT2D eigenvalue weighted by molar-refractivity contribution is 7.11. The molecule has 0 spiro atoms. The van der Waals surface area contributed by atoms with Gasteiger partial charge in [-0.3, -0.25) is 15.0 Å². The molecule has 29 heavy (non-hydrogen) atoms. The lowest BCUT2D eigenvalue weighted by molar-refractivity contribution is -0.121. The van der Waals surface area contributed by atoms with Gasteiger partial charge in [0.25, 0.3) is 0 Å². The van der Waals surface area contributed by atoms with Gasteiger partial charge in [-0.2, -0.15) is 0 Å². The van der Waals surface area contributed by atoms with Crippen molar-refractivity contribution in [2.24, 2.45) is 0 Å². The zero-order chi connectivity index (χ0) is 20.8. The van der Waals surface area contributed by atoms with Gasteiger partial charge in [0, 0.05) is 37.3 Å². The smallest absolute Gasteiger partial charge is 0.248 e. The molecule has 2 aromatic heterocycles. The Morgan fingerprint density at radius 3 is 3.03 bits per heavy atom. The molecule has 0 saturated carbocycles. The molecule has 1 amide bonds. The number of hydrogen-bond acceptors (Lipinski definition) is 6. The number of anilines is 1. The Hall–Kier alpha value is -2.77. The van der Waals surface area contributed by atoms with E-state index in [-0.39, 0.29) is 12.0 Å². The van der Waals surface area contributed by atoms with E-state index >= 15 is 0 Å². The summed E-state index contributed by atoms with van der Waals surface area (Å²) in [5.74, 6) is 1.07. The van der Waals surface area contributed by atoms with E-state index in [2.05, 4.69) is 21.9 Å². The van der Waals surface area contributed by atoms with E-state index in [1.54, 1.807) is 35.5 Å². The summed E-state index contributed by atoms with van der Waals surface area (Å²) in [7, 11) is 1.72. The van der Waals surface area contributed by atoms with E-state index in [1.807, 2.05) is 50.4 Å². The number of carbonyl (C=O) groups excluding carboxylic acids is 1. The number of amides is 1. The van der Waals surface area contributed by atoms with Crippen LogP contribution in [-0.2, 0) is 17.8 Å². The SMILES string of the molecule is C=C(/C=C\C=C/C)Cc1cnc(CN[C@@H]2C(=O)N(C)c3ncccc3O[C@@H]2C)s1. The lowest BCUT2D eigenvalue weighted by Crippen LogP contribution is -2.51. The van der Waals surface area contributed by atoms with Gasteiger partial charge in [0.15, 0.2) is 11.6 Å². The first kappa shape index (κ1) is 21.0. The normalized spacial score (nSPS) is 19.4. The molecule has 7 heteroatoms. The number of carbonyl (C=O) groups is 1. The largest absolute Gasteiger partial charge is 0.485 e. The van der Waals surface area contributed by atoms with Crippen LogP contribution in [0.4, 0.5) is 5.82 Å². The van der Waals surface area contributed by atoms with Crippen LogP contribution in [0.25, 0.3) is 0 Å². The first-order chi connectivity index (χ1) is 14.0. The summed E-state index contributed by atoms with van der Waals surface area (Å²) >= 11 is 1.62. The Bertz CT molecular complexity index is 934. The van der Waals surface area contributed by atoms with Crippen molar-refractivity contribution in [3.63, 3.8) is 0 Å². The maximum absolute atomic E-state index is 12.9. The van der Waals surface area contributed by atoms with Gasteiger partial charge >= 0.3 is 0 Å². The zero-order valence-corrected chi connectivity index (χ0v) is 17.8. The molecule has 3 heterocycles. The maximum atomic E-state index is 12.9. The third-order valence-electron chi connectivity index (χ3n) is 4.56. The summed E-state index contributed by atoms with van der Waals surface area (Å²) in [6.45, 7) is 8.44. The second-order valence-electron chi connectivity index (χ2n) is 6.84. The van der Waals surface area contributed by atoms with Crippen LogP contribution < -0.4 is 15.0 Å². The Morgan fingerprint density at radius 2 is 2.24 bits per heavy atom. The Morgan fingerprint density at radius 1 is 1.41 bits per heavy atom. The fourth-order valence-corrected chi connectivity index (χ4v) is 3.98. The van der Waals surface area contributed by atoms with Gasteiger partial charge in [-0.15, -0.1) is 11.3 Å². The fraction of sp³-hybridized carbons (Fsp3) is 0.318. The van der Waals surface area contributed by atoms with Crippen molar-refractivity contribution < 1.29 is 9.53 Å². The highest BCUT2D eigenvalue weighted by Gasteiger charge is 2.35. The average Bonchev–Trinajstić information content (AvgIpc) is 3.11. The van der Waals surface area contributed by atoms with Crippen LogP contribution in [0.3, 0.4) is 0 Å². The molecule has 1 N–H and O–H groups in total. The van der Waals surface area contributed by atoms with Crippen LogP contribution in [-0.4, -0.2) is 35.1 Å². The van der Waals surface area contributed by atoms with Gasteiger partial charge < -0.3 is 4.74 Å². The van der Waals surface area contributed by atoms with Gasteiger partial charge in [0.05, 0.1) is 0 Å².